The monoisotopic (exact) mass is 452 g/mol. The second-order valence-corrected chi connectivity index (χ2v) is 13.7. The highest BCUT2D eigenvalue weighted by Gasteiger charge is 2.38. The Morgan fingerprint density at radius 3 is 2.19 bits per heavy atom. The summed E-state index contributed by atoms with van der Waals surface area (Å²) in [6.45, 7) is 21.2. The molecule has 0 aliphatic heterocycles. The first kappa shape index (κ1) is 23.2. The van der Waals surface area contributed by atoms with Gasteiger partial charge in [-0.25, -0.2) is 0 Å². The van der Waals surface area contributed by atoms with Crippen LogP contribution >= 0.6 is 24.0 Å². The van der Waals surface area contributed by atoms with Crippen molar-refractivity contribution in [3.63, 3.8) is 0 Å². The van der Waals surface area contributed by atoms with Crippen LogP contribution in [0.3, 0.4) is 0 Å². The van der Waals surface area contributed by atoms with Crippen LogP contribution in [0.2, 0.25) is 0 Å². The molecule has 0 fully saturated rings. The number of fused-ring (bicyclic) bond motifs is 2. The molecule has 0 nitrogen and oxygen atoms in total. The maximum Gasteiger partial charge on any atom is 0.0426 e. The summed E-state index contributed by atoms with van der Waals surface area (Å²) in [5, 5.41) is 0. The molecule has 4 rings (SSSR count). The standard InChI is InChI=1S/C29H40S2/c1-18(2)25-21-17-27(3,4)11-9-24(21)31-26(25)20-16-23-22(15-19(20)10-14-30)28(5,6)12-13-29(23,7)8/h15-16,30H,1,9-14,17H2,2-8H3. The van der Waals surface area contributed by atoms with E-state index in [1.807, 2.05) is 11.3 Å². The Morgan fingerprint density at radius 1 is 1.00 bits per heavy atom. The van der Waals surface area contributed by atoms with Crippen molar-refractivity contribution in [3.8, 4) is 10.4 Å². The molecule has 1 heterocycles. The van der Waals surface area contributed by atoms with E-state index in [0.717, 1.165) is 12.2 Å². The van der Waals surface area contributed by atoms with Crippen LogP contribution in [0.25, 0.3) is 16.0 Å². The predicted octanol–water partition coefficient (Wildman–Crippen LogP) is 8.78. The first-order chi connectivity index (χ1) is 14.4. The van der Waals surface area contributed by atoms with Crippen molar-refractivity contribution in [1.29, 1.82) is 0 Å². The average molecular weight is 453 g/mol. The molecular formula is C29H40S2. The third kappa shape index (κ3) is 4.08. The van der Waals surface area contributed by atoms with Crippen LogP contribution in [0.5, 0.6) is 0 Å². The molecule has 0 radical (unpaired) electrons. The fourth-order valence-electron chi connectivity index (χ4n) is 5.76. The second kappa shape index (κ2) is 7.80. The van der Waals surface area contributed by atoms with Gasteiger partial charge in [0.05, 0.1) is 0 Å². The van der Waals surface area contributed by atoms with Crippen molar-refractivity contribution in [3.05, 3.63) is 51.4 Å². The minimum Gasteiger partial charge on any atom is -0.179 e. The number of hydrogen-bond acceptors (Lipinski definition) is 2. The highest BCUT2D eigenvalue weighted by atomic mass is 32.1. The topological polar surface area (TPSA) is 0 Å². The molecule has 0 atom stereocenters. The second-order valence-electron chi connectivity index (χ2n) is 12.1. The van der Waals surface area contributed by atoms with Gasteiger partial charge in [-0.1, -0.05) is 54.2 Å². The van der Waals surface area contributed by atoms with Gasteiger partial charge in [0.2, 0.25) is 0 Å². The van der Waals surface area contributed by atoms with Gasteiger partial charge in [-0.2, -0.15) is 12.6 Å². The zero-order valence-corrected chi connectivity index (χ0v) is 22.4. The lowest BCUT2D eigenvalue weighted by Crippen LogP contribution is -2.34. The molecule has 1 aromatic carbocycles. The lowest BCUT2D eigenvalue weighted by molar-refractivity contribution is 0.317. The van der Waals surface area contributed by atoms with Crippen molar-refractivity contribution >= 4 is 29.5 Å². The van der Waals surface area contributed by atoms with Gasteiger partial charge in [-0.3, -0.25) is 0 Å². The van der Waals surface area contributed by atoms with Crippen LogP contribution in [0.15, 0.2) is 18.7 Å². The lowest BCUT2D eigenvalue weighted by atomic mass is 9.62. The summed E-state index contributed by atoms with van der Waals surface area (Å²) in [5.41, 5.74) is 11.1. The molecule has 0 saturated carbocycles. The van der Waals surface area contributed by atoms with E-state index >= 15 is 0 Å². The highest BCUT2D eigenvalue weighted by molar-refractivity contribution is 7.80. The van der Waals surface area contributed by atoms with Gasteiger partial charge in [0.1, 0.15) is 0 Å². The van der Waals surface area contributed by atoms with Gasteiger partial charge in [-0.15, -0.1) is 11.3 Å². The number of thiophene rings is 1. The normalized spacial score (nSPS) is 20.8. The minimum atomic E-state index is 0.224. The smallest absolute Gasteiger partial charge is 0.0426 e. The largest absolute Gasteiger partial charge is 0.179 e. The molecule has 0 saturated heterocycles. The molecule has 2 aliphatic rings. The summed E-state index contributed by atoms with van der Waals surface area (Å²) < 4.78 is 0. The van der Waals surface area contributed by atoms with E-state index in [1.54, 1.807) is 21.6 Å². The summed E-state index contributed by atoms with van der Waals surface area (Å²) in [7, 11) is 0. The van der Waals surface area contributed by atoms with Gasteiger partial charge >= 0.3 is 0 Å². The zero-order valence-electron chi connectivity index (χ0n) is 20.7. The van der Waals surface area contributed by atoms with E-state index in [2.05, 4.69) is 79.8 Å². The Labute approximate surface area is 200 Å². The number of benzene rings is 1. The fourth-order valence-corrected chi connectivity index (χ4v) is 7.45. The summed E-state index contributed by atoms with van der Waals surface area (Å²) in [6, 6.07) is 5.12. The van der Waals surface area contributed by atoms with Gasteiger partial charge in [0.15, 0.2) is 0 Å². The summed E-state index contributed by atoms with van der Waals surface area (Å²) >= 11 is 6.69. The molecule has 1 aromatic heterocycles. The van der Waals surface area contributed by atoms with Crippen LogP contribution in [0.1, 0.15) is 100 Å². The molecule has 0 spiro atoms. The molecule has 0 unspecified atom stereocenters. The van der Waals surface area contributed by atoms with Crippen LogP contribution in [0, 0.1) is 5.41 Å². The Balaban J connectivity index is 1.99. The number of hydrogen-bond donors (Lipinski definition) is 1. The van der Waals surface area contributed by atoms with Crippen LogP contribution < -0.4 is 0 Å². The average Bonchev–Trinajstić information content (AvgIpc) is 3.03. The molecule has 2 aliphatic carbocycles. The van der Waals surface area contributed by atoms with E-state index in [9.17, 15) is 0 Å². The Bertz CT molecular complexity index is 1030. The van der Waals surface area contributed by atoms with Gasteiger partial charge < -0.3 is 0 Å². The summed E-state index contributed by atoms with van der Waals surface area (Å²) in [5.74, 6) is 0.885. The molecule has 2 heteroatoms. The van der Waals surface area contributed by atoms with E-state index in [4.69, 9.17) is 0 Å². The molecule has 0 amide bonds. The molecule has 0 N–H and O–H groups in total. The van der Waals surface area contributed by atoms with E-state index in [1.165, 1.54) is 59.2 Å². The quantitative estimate of drug-likeness (QED) is 0.440. The molecule has 0 bridgehead atoms. The van der Waals surface area contributed by atoms with Crippen LogP contribution in [-0.4, -0.2) is 5.75 Å². The minimum absolute atomic E-state index is 0.224. The van der Waals surface area contributed by atoms with Crippen LogP contribution in [-0.2, 0) is 30.1 Å². The number of allylic oxidation sites excluding steroid dienone is 1. The van der Waals surface area contributed by atoms with Crippen molar-refractivity contribution in [2.24, 2.45) is 5.41 Å². The predicted molar refractivity (Wildman–Crippen MR) is 143 cm³/mol. The van der Waals surface area contributed by atoms with Gasteiger partial charge in [-0.05, 0) is 112 Å². The molecule has 168 valence electrons. The van der Waals surface area contributed by atoms with Crippen molar-refractivity contribution in [1.82, 2.24) is 0 Å². The number of aryl methyl sites for hydroxylation is 2. The van der Waals surface area contributed by atoms with Crippen molar-refractivity contribution in [2.75, 3.05) is 5.75 Å². The maximum absolute atomic E-state index is 4.64. The Kier molecular flexibility index (Phi) is 5.83. The Hall–Kier alpha value is -0.990. The zero-order chi connectivity index (χ0) is 22.8. The van der Waals surface area contributed by atoms with Crippen LogP contribution in [0.4, 0.5) is 0 Å². The first-order valence-corrected chi connectivity index (χ1v) is 13.4. The summed E-state index contributed by atoms with van der Waals surface area (Å²) in [6.07, 6.45) is 7.19. The third-order valence-electron chi connectivity index (χ3n) is 7.90. The molecular weight excluding hydrogens is 412 g/mol. The summed E-state index contributed by atoms with van der Waals surface area (Å²) in [4.78, 5) is 3.07. The van der Waals surface area contributed by atoms with Crippen molar-refractivity contribution < 1.29 is 0 Å². The van der Waals surface area contributed by atoms with E-state index in [-0.39, 0.29) is 10.8 Å². The molecule has 2 aromatic rings. The van der Waals surface area contributed by atoms with E-state index < -0.39 is 0 Å². The number of rotatable bonds is 4. The SMILES string of the molecule is C=C(C)c1c(-c2cc3c(cc2CCS)C(C)(C)CCC3(C)C)sc2c1CC(C)(C)CC2. The molecule has 31 heavy (non-hydrogen) atoms. The lowest BCUT2D eigenvalue weighted by Gasteiger charge is -2.42. The Morgan fingerprint density at radius 2 is 1.61 bits per heavy atom. The van der Waals surface area contributed by atoms with Gasteiger partial charge in [0, 0.05) is 9.75 Å². The fraction of sp³-hybridized carbons (Fsp3) is 0.586. The van der Waals surface area contributed by atoms with Gasteiger partial charge in [0.25, 0.3) is 0 Å². The highest BCUT2D eigenvalue weighted by Crippen LogP contribution is 2.51. The first-order valence-electron chi connectivity index (χ1n) is 12.0. The number of thiol groups is 1. The van der Waals surface area contributed by atoms with Crippen molar-refractivity contribution in [2.45, 2.75) is 97.8 Å². The third-order valence-corrected chi connectivity index (χ3v) is 9.45. The maximum atomic E-state index is 4.64. The van der Waals surface area contributed by atoms with E-state index in [0.29, 0.717) is 5.41 Å².